The Kier molecular flexibility index (Phi) is 4.04. The fourth-order valence-corrected chi connectivity index (χ4v) is 1.64. The highest BCUT2D eigenvalue weighted by atomic mass is 19.1. The molecule has 2 rings (SSSR count). The normalized spacial score (nSPS) is 12.2. The van der Waals surface area contributed by atoms with Crippen molar-refractivity contribution in [1.29, 1.82) is 0 Å². The van der Waals surface area contributed by atoms with Gasteiger partial charge in [-0.1, -0.05) is 5.21 Å². The SMILES string of the molecule is COC(=O)c1cn(CC(O)c2cc(F)cc(F)c2)nn1. The zero-order valence-electron chi connectivity index (χ0n) is 10.5. The lowest BCUT2D eigenvalue weighted by molar-refractivity contribution is 0.0593. The van der Waals surface area contributed by atoms with Gasteiger partial charge in [0.25, 0.3) is 0 Å². The molecule has 2 aromatic rings. The van der Waals surface area contributed by atoms with E-state index in [0.717, 1.165) is 12.1 Å². The molecule has 0 saturated carbocycles. The number of aliphatic hydroxyl groups is 1. The van der Waals surface area contributed by atoms with Crippen molar-refractivity contribution in [2.24, 2.45) is 0 Å². The van der Waals surface area contributed by atoms with Crippen molar-refractivity contribution in [3.05, 3.63) is 47.3 Å². The largest absolute Gasteiger partial charge is 0.464 e. The minimum atomic E-state index is -1.19. The van der Waals surface area contributed by atoms with E-state index in [4.69, 9.17) is 0 Å². The van der Waals surface area contributed by atoms with Crippen LogP contribution in [0, 0.1) is 11.6 Å². The van der Waals surface area contributed by atoms with Gasteiger partial charge in [0.05, 0.1) is 26.0 Å². The summed E-state index contributed by atoms with van der Waals surface area (Å²) in [6.45, 7) is -0.104. The Morgan fingerprint density at radius 3 is 2.65 bits per heavy atom. The second kappa shape index (κ2) is 5.74. The lowest BCUT2D eigenvalue weighted by Crippen LogP contribution is -2.10. The van der Waals surface area contributed by atoms with Crippen LogP contribution in [0.2, 0.25) is 0 Å². The van der Waals surface area contributed by atoms with Gasteiger partial charge in [-0.2, -0.15) is 0 Å². The molecule has 1 N–H and O–H groups in total. The van der Waals surface area contributed by atoms with E-state index in [-0.39, 0.29) is 17.8 Å². The van der Waals surface area contributed by atoms with Gasteiger partial charge in [-0.05, 0) is 17.7 Å². The number of nitrogens with zero attached hydrogens (tertiary/aromatic N) is 3. The van der Waals surface area contributed by atoms with Gasteiger partial charge in [-0.25, -0.2) is 18.3 Å². The molecule has 1 heterocycles. The van der Waals surface area contributed by atoms with E-state index in [1.807, 2.05) is 0 Å². The molecular formula is C12H11F2N3O3. The Morgan fingerprint density at radius 1 is 1.40 bits per heavy atom. The summed E-state index contributed by atoms with van der Waals surface area (Å²) in [4.78, 5) is 11.2. The highest BCUT2D eigenvalue weighted by Gasteiger charge is 2.15. The third-order valence-corrected chi connectivity index (χ3v) is 2.56. The number of aliphatic hydroxyl groups excluding tert-OH is 1. The van der Waals surface area contributed by atoms with Crippen molar-refractivity contribution in [2.45, 2.75) is 12.6 Å². The van der Waals surface area contributed by atoms with Crippen molar-refractivity contribution in [2.75, 3.05) is 7.11 Å². The summed E-state index contributed by atoms with van der Waals surface area (Å²) in [5.41, 5.74) is 0.0442. The number of esters is 1. The van der Waals surface area contributed by atoms with Crippen LogP contribution in [0.25, 0.3) is 0 Å². The van der Waals surface area contributed by atoms with Gasteiger partial charge in [-0.3, -0.25) is 0 Å². The topological polar surface area (TPSA) is 77.2 Å². The number of ether oxygens (including phenoxy) is 1. The lowest BCUT2D eigenvalue weighted by atomic mass is 10.1. The molecule has 106 valence electrons. The van der Waals surface area contributed by atoms with Crippen LogP contribution >= 0.6 is 0 Å². The molecule has 1 unspecified atom stereocenters. The molecule has 1 aromatic carbocycles. The maximum absolute atomic E-state index is 13.0. The number of aromatic nitrogens is 3. The second-order valence-corrected chi connectivity index (χ2v) is 4.04. The predicted octanol–water partition coefficient (Wildman–Crippen LogP) is 1.08. The molecule has 0 amide bonds. The average Bonchev–Trinajstić information content (AvgIpc) is 2.85. The van der Waals surface area contributed by atoms with E-state index in [0.29, 0.717) is 6.07 Å². The summed E-state index contributed by atoms with van der Waals surface area (Å²) < 4.78 is 31.7. The molecule has 0 spiro atoms. The summed E-state index contributed by atoms with van der Waals surface area (Å²) in [5, 5.41) is 17.1. The van der Waals surface area contributed by atoms with Gasteiger partial charge in [-0.15, -0.1) is 5.10 Å². The fourth-order valence-electron chi connectivity index (χ4n) is 1.64. The molecule has 0 aliphatic carbocycles. The zero-order valence-corrected chi connectivity index (χ0v) is 10.5. The van der Waals surface area contributed by atoms with Crippen molar-refractivity contribution in [3.63, 3.8) is 0 Å². The van der Waals surface area contributed by atoms with Crippen LogP contribution in [0.3, 0.4) is 0 Å². The third kappa shape index (κ3) is 3.15. The molecule has 0 bridgehead atoms. The first-order valence-electron chi connectivity index (χ1n) is 5.62. The van der Waals surface area contributed by atoms with Crippen LogP contribution < -0.4 is 0 Å². The lowest BCUT2D eigenvalue weighted by Gasteiger charge is -2.10. The smallest absolute Gasteiger partial charge is 0.360 e. The van der Waals surface area contributed by atoms with E-state index in [9.17, 15) is 18.7 Å². The molecule has 0 aliphatic heterocycles. The average molecular weight is 283 g/mol. The number of rotatable bonds is 4. The first kappa shape index (κ1) is 14.1. The number of carbonyl (C=O) groups is 1. The summed E-state index contributed by atoms with van der Waals surface area (Å²) in [5.74, 6) is -2.23. The number of hydrogen-bond acceptors (Lipinski definition) is 5. The standard InChI is InChI=1S/C12H11F2N3O3/c1-20-12(19)10-5-17(16-15-10)6-11(18)7-2-8(13)4-9(14)3-7/h2-5,11,18H,6H2,1H3. The van der Waals surface area contributed by atoms with Crippen LogP contribution in [0.1, 0.15) is 22.2 Å². The zero-order chi connectivity index (χ0) is 14.7. The number of carbonyl (C=O) groups excluding carboxylic acids is 1. The van der Waals surface area contributed by atoms with E-state index in [1.54, 1.807) is 0 Å². The Bertz CT molecular complexity index is 610. The molecule has 8 heteroatoms. The van der Waals surface area contributed by atoms with Crippen molar-refractivity contribution in [3.8, 4) is 0 Å². The molecule has 0 saturated heterocycles. The van der Waals surface area contributed by atoms with Gasteiger partial charge < -0.3 is 9.84 Å². The second-order valence-electron chi connectivity index (χ2n) is 4.04. The number of benzene rings is 1. The van der Waals surface area contributed by atoms with Crippen molar-refractivity contribution >= 4 is 5.97 Å². The Labute approximate surface area is 112 Å². The van der Waals surface area contributed by atoms with Crippen molar-refractivity contribution in [1.82, 2.24) is 15.0 Å². The summed E-state index contributed by atoms with van der Waals surface area (Å²) in [6, 6.07) is 2.75. The summed E-state index contributed by atoms with van der Waals surface area (Å²) in [7, 11) is 1.20. The Balaban J connectivity index is 2.13. The first-order chi connectivity index (χ1) is 9.49. The first-order valence-corrected chi connectivity index (χ1v) is 5.62. The quantitative estimate of drug-likeness (QED) is 0.849. The highest BCUT2D eigenvalue weighted by molar-refractivity contribution is 5.86. The molecule has 1 aromatic heterocycles. The van der Waals surface area contributed by atoms with E-state index >= 15 is 0 Å². The van der Waals surface area contributed by atoms with Gasteiger partial charge in [0, 0.05) is 6.07 Å². The molecule has 1 atom stereocenters. The molecular weight excluding hydrogens is 272 g/mol. The van der Waals surface area contributed by atoms with Gasteiger partial charge in [0.2, 0.25) is 0 Å². The molecule has 6 nitrogen and oxygen atoms in total. The Morgan fingerprint density at radius 2 is 2.05 bits per heavy atom. The van der Waals surface area contributed by atoms with Crippen LogP contribution in [-0.2, 0) is 11.3 Å². The van der Waals surface area contributed by atoms with Gasteiger partial charge in [0.15, 0.2) is 5.69 Å². The minimum Gasteiger partial charge on any atom is -0.464 e. The highest BCUT2D eigenvalue weighted by Crippen LogP contribution is 2.17. The maximum atomic E-state index is 13.0. The summed E-state index contributed by atoms with van der Waals surface area (Å²) >= 11 is 0. The molecule has 0 radical (unpaired) electrons. The van der Waals surface area contributed by atoms with Gasteiger partial charge >= 0.3 is 5.97 Å². The van der Waals surface area contributed by atoms with Crippen molar-refractivity contribution < 1.29 is 23.4 Å². The summed E-state index contributed by atoms with van der Waals surface area (Å²) in [6.07, 6.45) is 0.0810. The minimum absolute atomic E-state index is 0.0230. The Hall–Kier alpha value is -2.35. The number of hydrogen-bond donors (Lipinski definition) is 1. The number of methoxy groups -OCH3 is 1. The van der Waals surface area contributed by atoms with Crippen LogP contribution in [0.15, 0.2) is 24.4 Å². The predicted molar refractivity (Wildman–Crippen MR) is 62.7 cm³/mol. The number of halogens is 2. The fraction of sp³-hybridized carbons (Fsp3) is 0.250. The van der Waals surface area contributed by atoms with Crippen LogP contribution in [0.5, 0.6) is 0 Å². The maximum Gasteiger partial charge on any atom is 0.360 e. The molecule has 0 fully saturated rings. The molecule has 20 heavy (non-hydrogen) atoms. The molecule has 0 aliphatic rings. The van der Waals surface area contributed by atoms with E-state index in [1.165, 1.54) is 18.0 Å². The monoisotopic (exact) mass is 283 g/mol. The van der Waals surface area contributed by atoms with Crippen LogP contribution in [-0.4, -0.2) is 33.2 Å². The van der Waals surface area contributed by atoms with E-state index < -0.39 is 23.7 Å². The van der Waals surface area contributed by atoms with Gasteiger partial charge in [0.1, 0.15) is 11.6 Å². The van der Waals surface area contributed by atoms with E-state index in [2.05, 4.69) is 15.0 Å². The third-order valence-electron chi connectivity index (χ3n) is 2.56. The van der Waals surface area contributed by atoms with Crippen LogP contribution in [0.4, 0.5) is 8.78 Å².